The lowest BCUT2D eigenvalue weighted by Crippen LogP contribution is -2.66. The van der Waals surface area contributed by atoms with E-state index in [0.717, 1.165) is 18.9 Å². The summed E-state index contributed by atoms with van der Waals surface area (Å²) >= 11 is 0. The fourth-order valence-corrected chi connectivity index (χ4v) is 3.50. The van der Waals surface area contributed by atoms with Crippen molar-refractivity contribution >= 4 is 10.8 Å². The van der Waals surface area contributed by atoms with Crippen molar-refractivity contribution in [3.8, 4) is 0 Å². The molecule has 15 heavy (non-hydrogen) atoms. The average molecular weight is 231 g/mol. The van der Waals surface area contributed by atoms with E-state index in [2.05, 4.69) is 19.2 Å². The van der Waals surface area contributed by atoms with E-state index in [1.165, 1.54) is 6.42 Å². The second-order valence-corrected chi connectivity index (χ2v) is 6.83. The molecule has 1 aliphatic carbocycles. The van der Waals surface area contributed by atoms with E-state index in [0.29, 0.717) is 18.1 Å². The molecule has 88 valence electrons. The van der Waals surface area contributed by atoms with E-state index in [-0.39, 0.29) is 5.41 Å². The molecule has 1 saturated carbocycles. The van der Waals surface area contributed by atoms with Crippen LogP contribution in [0, 0.1) is 11.3 Å². The number of hydrogen-bond acceptors (Lipinski definition) is 3. The first kappa shape index (κ1) is 11.6. The van der Waals surface area contributed by atoms with Gasteiger partial charge in [0.1, 0.15) is 0 Å². The van der Waals surface area contributed by atoms with E-state index >= 15 is 0 Å². The molecule has 4 atom stereocenters. The van der Waals surface area contributed by atoms with Crippen molar-refractivity contribution in [3.63, 3.8) is 0 Å². The highest BCUT2D eigenvalue weighted by Gasteiger charge is 2.58. The van der Waals surface area contributed by atoms with Crippen LogP contribution in [0.5, 0.6) is 0 Å². The van der Waals surface area contributed by atoms with Gasteiger partial charge in [0.25, 0.3) is 0 Å². The van der Waals surface area contributed by atoms with E-state index in [9.17, 15) is 4.21 Å². The zero-order valence-corrected chi connectivity index (χ0v) is 10.6. The lowest BCUT2D eigenvalue weighted by atomic mass is 9.57. The molecule has 4 unspecified atom stereocenters. The molecule has 0 aromatic heterocycles. The highest BCUT2D eigenvalue weighted by atomic mass is 32.2. The molecule has 0 spiro atoms. The molecular weight excluding hydrogens is 210 g/mol. The fourth-order valence-electron chi connectivity index (χ4n) is 3.10. The predicted octanol–water partition coefficient (Wildman–Crippen LogP) is 0.768. The zero-order chi connectivity index (χ0) is 11.1. The Morgan fingerprint density at radius 1 is 1.53 bits per heavy atom. The largest absolute Gasteiger partial charge is 0.377 e. The van der Waals surface area contributed by atoms with Crippen LogP contribution in [0.4, 0.5) is 0 Å². The molecule has 0 bridgehead atoms. The van der Waals surface area contributed by atoms with Crippen molar-refractivity contribution in [2.75, 3.05) is 25.2 Å². The second kappa shape index (κ2) is 4.15. The maximum absolute atomic E-state index is 11.0. The summed E-state index contributed by atoms with van der Waals surface area (Å²) in [6.07, 6.45) is 3.39. The topological polar surface area (TPSA) is 38.3 Å². The Kier molecular flexibility index (Phi) is 3.20. The van der Waals surface area contributed by atoms with Crippen LogP contribution >= 0.6 is 0 Å². The van der Waals surface area contributed by atoms with Gasteiger partial charge in [0.15, 0.2) is 0 Å². The summed E-state index contributed by atoms with van der Waals surface area (Å²) in [6, 6.07) is 0.550. The fraction of sp³-hybridized carbons (Fsp3) is 1.00. The molecule has 1 saturated heterocycles. The molecule has 0 aromatic rings. The van der Waals surface area contributed by atoms with Gasteiger partial charge in [-0.2, -0.15) is 0 Å². The van der Waals surface area contributed by atoms with Crippen LogP contribution in [0.25, 0.3) is 0 Å². The Bertz CT molecular complexity index is 267. The summed E-state index contributed by atoms with van der Waals surface area (Å²) in [6.45, 7) is 6.30. The van der Waals surface area contributed by atoms with Crippen molar-refractivity contribution in [1.29, 1.82) is 0 Å². The van der Waals surface area contributed by atoms with Gasteiger partial charge in [-0.15, -0.1) is 0 Å². The van der Waals surface area contributed by atoms with Crippen LogP contribution in [0.3, 0.4) is 0 Å². The van der Waals surface area contributed by atoms with Crippen molar-refractivity contribution in [2.24, 2.45) is 11.3 Å². The van der Waals surface area contributed by atoms with E-state index < -0.39 is 10.8 Å². The Morgan fingerprint density at radius 3 is 2.93 bits per heavy atom. The Balaban J connectivity index is 1.84. The summed E-state index contributed by atoms with van der Waals surface area (Å²) in [5, 5.41) is 3.54. The first-order valence-corrected chi connectivity index (χ1v) is 7.41. The minimum absolute atomic E-state index is 0.246. The number of hydrogen-bond donors (Lipinski definition) is 1. The van der Waals surface area contributed by atoms with Crippen LogP contribution in [0.1, 0.15) is 20.3 Å². The lowest BCUT2D eigenvalue weighted by Gasteiger charge is -2.55. The molecule has 2 fully saturated rings. The molecule has 0 amide bonds. The van der Waals surface area contributed by atoms with Gasteiger partial charge in [-0.3, -0.25) is 4.21 Å². The maximum atomic E-state index is 11.0. The molecule has 4 heteroatoms. The second-order valence-electron chi connectivity index (χ2n) is 5.27. The first-order valence-electron chi connectivity index (χ1n) is 5.68. The van der Waals surface area contributed by atoms with Crippen molar-refractivity contribution < 1.29 is 8.95 Å². The van der Waals surface area contributed by atoms with Gasteiger partial charge in [-0.05, 0) is 6.42 Å². The monoisotopic (exact) mass is 231 g/mol. The zero-order valence-electron chi connectivity index (χ0n) is 9.79. The Hall–Kier alpha value is 0.0700. The molecule has 3 nitrogen and oxygen atoms in total. The van der Waals surface area contributed by atoms with Gasteiger partial charge in [-0.25, -0.2) is 0 Å². The molecule has 2 rings (SSSR count). The van der Waals surface area contributed by atoms with Crippen LogP contribution in [-0.2, 0) is 15.5 Å². The summed E-state index contributed by atoms with van der Waals surface area (Å²) in [7, 11) is -0.685. The number of fused-ring (bicyclic) bond motifs is 1. The van der Waals surface area contributed by atoms with Gasteiger partial charge in [0.05, 0.1) is 6.10 Å². The third-order valence-corrected chi connectivity index (χ3v) is 4.63. The predicted molar refractivity (Wildman–Crippen MR) is 62.4 cm³/mol. The van der Waals surface area contributed by atoms with E-state index in [1.54, 1.807) is 6.26 Å². The van der Waals surface area contributed by atoms with Gasteiger partial charge in [0.2, 0.25) is 0 Å². The van der Waals surface area contributed by atoms with E-state index in [1.807, 2.05) is 0 Å². The Labute approximate surface area is 94.4 Å². The smallest absolute Gasteiger partial charge is 0.0685 e. The molecular formula is C11H21NO2S. The highest BCUT2D eigenvalue weighted by Crippen LogP contribution is 2.51. The molecule has 0 radical (unpaired) electrons. The normalized spacial score (nSPS) is 39.5. The van der Waals surface area contributed by atoms with Crippen molar-refractivity contribution in [2.45, 2.75) is 32.4 Å². The van der Waals surface area contributed by atoms with Gasteiger partial charge in [0, 0.05) is 53.3 Å². The number of nitrogens with one attached hydrogen (secondary N) is 1. The third-order valence-electron chi connectivity index (χ3n) is 3.85. The minimum Gasteiger partial charge on any atom is -0.377 e. The van der Waals surface area contributed by atoms with Crippen LogP contribution in [-0.4, -0.2) is 41.5 Å². The van der Waals surface area contributed by atoms with Crippen LogP contribution < -0.4 is 5.32 Å². The van der Waals surface area contributed by atoms with Crippen LogP contribution in [0.2, 0.25) is 0 Å². The standard InChI is InChI=1S/C11H21NO2S/c1-11(2)9(12-5-7-15(3)13)8-4-6-14-10(8)11/h8-10,12H,4-7H2,1-3H3. The SMILES string of the molecule is CS(=O)CCNC1C2CCOC2C1(C)C. The van der Waals surface area contributed by atoms with Crippen molar-refractivity contribution in [1.82, 2.24) is 5.32 Å². The summed E-state index contributed by atoms with van der Waals surface area (Å²) in [5.41, 5.74) is 0.246. The Morgan fingerprint density at radius 2 is 2.27 bits per heavy atom. The molecule has 1 heterocycles. The maximum Gasteiger partial charge on any atom is 0.0685 e. The summed E-state index contributed by atoms with van der Waals surface area (Å²) in [4.78, 5) is 0. The lowest BCUT2D eigenvalue weighted by molar-refractivity contribution is -0.111. The first-order chi connectivity index (χ1) is 7.03. The molecule has 1 N–H and O–H groups in total. The number of rotatable bonds is 4. The van der Waals surface area contributed by atoms with Gasteiger partial charge >= 0.3 is 0 Å². The van der Waals surface area contributed by atoms with Gasteiger partial charge in [-0.1, -0.05) is 13.8 Å². The molecule has 1 aliphatic heterocycles. The molecule has 2 aliphatic rings. The highest BCUT2D eigenvalue weighted by molar-refractivity contribution is 7.84. The summed E-state index contributed by atoms with van der Waals surface area (Å²) in [5.74, 6) is 1.44. The van der Waals surface area contributed by atoms with Gasteiger partial charge < -0.3 is 10.1 Å². The summed E-state index contributed by atoms with van der Waals surface area (Å²) < 4.78 is 16.7. The molecule has 0 aromatic carbocycles. The minimum atomic E-state index is -0.685. The van der Waals surface area contributed by atoms with E-state index in [4.69, 9.17) is 4.74 Å². The average Bonchev–Trinajstić information content (AvgIpc) is 2.58. The van der Waals surface area contributed by atoms with Crippen LogP contribution in [0.15, 0.2) is 0 Å². The quantitative estimate of drug-likeness (QED) is 0.776. The van der Waals surface area contributed by atoms with Crippen molar-refractivity contribution in [3.05, 3.63) is 0 Å². The number of ether oxygens (including phenoxy) is 1. The third kappa shape index (κ3) is 1.99.